The number of hydrogen-bond donors (Lipinski definition) is 2. The summed E-state index contributed by atoms with van der Waals surface area (Å²) in [5.74, 6) is 10.1. The van der Waals surface area contributed by atoms with Crippen molar-refractivity contribution in [2.75, 3.05) is 11.5 Å². The molecule has 1 fully saturated rings. The Labute approximate surface area is 126 Å². The summed E-state index contributed by atoms with van der Waals surface area (Å²) < 4.78 is 5.92. The second-order valence-corrected chi connectivity index (χ2v) is 6.94. The molecule has 0 amide bonds. The molecule has 1 saturated heterocycles. The molecule has 0 spiro atoms. The average Bonchev–Trinajstić information content (AvgIpc) is 2.46. The normalized spacial score (nSPS) is 18.2. The highest BCUT2D eigenvalue weighted by atomic mass is 32.2. The smallest absolute Gasteiger partial charge is 0.124 e. The van der Waals surface area contributed by atoms with Crippen LogP contribution in [0.15, 0.2) is 24.3 Å². The molecule has 1 heterocycles. The molecule has 1 aliphatic rings. The fraction of sp³-hybridized carbons (Fsp3) is 0.625. The zero-order valence-corrected chi connectivity index (χ0v) is 13.3. The number of hydrogen-bond acceptors (Lipinski definition) is 4. The minimum atomic E-state index is 0.179. The third-order valence-electron chi connectivity index (χ3n) is 3.77. The van der Waals surface area contributed by atoms with Gasteiger partial charge in [0.2, 0.25) is 0 Å². The predicted octanol–water partition coefficient (Wildman–Crippen LogP) is 3.51. The van der Waals surface area contributed by atoms with Gasteiger partial charge in [0, 0.05) is 11.6 Å². The Kier molecular flexibility index (Phi) is 6.20. The number of rotatable bonds is 6. The third-order valence-corrected chi connectivity index (χ3v) is 4.82. The molecule has 1 unspecified atom stereocenters. The van der Waals surface area contributed by atoms with E-state index in [4.69, 9.17) is 10.6 Å². The maximum Gasteiger partial charge on any atom is 0.124 e. The molecule has 2 rings (SSSR count). The van der Waals surface area contributed by atoms with E-state index in [1.54, 1.807) is 0 Å². The van der Waals surface area contributed by atoms with E-state index in [0.717, 1.165) is 18.1 Å². The monoisotopic (exact) mass is 294 g/mol. The van der Waals surface area contributed by atoms with Gasteiger partial charge >= 0.3 is 0 Å². The van der Waals surface area contributed by atoms with Crippen LogP contribution in [-0.2, 0) is 0 Å². The second-order valence-electron chi connectivity index (χ2n) is 5.72. The van der Waals surface area contributed by atoms with Crippen LogP contribution in [0.5, 0.6) is 5.75 Å². The molecule has 0 radical (unpaired) electrons. The Hall–Kier alpha value is -0.710. The van der Waals surface area contributed by atoms with E-state index < -0.39 is 0 Å². The van der Waals surface area contributed by atoms with Crippen LogP contribution in [0.1, 0.15) is 44.7 Å². The number of hydrazine groups is 1. The first-order valence-corrected chi connectivity index (χ1v) is 8.65. The van der Waals surface area contributed by atoms with Gasteiger partial charge < -0.3 is 4.74 Å². The van der Waals surface area contributed by atoms with E-state index >= 15 is 0 Å². The molecule has 0 bridgehead atoms. The van der Waals surface area contributed by atoms with Gasteiger partial charge in [-0.2, -0.15) is 11.8 Å². The molecule has 3 N–H and O–H groups in total. The third kappa shape index (κ3) is 4.40. The van der Waals surface area contributed by atoms with E-state index in [0.29, 0.717) is 0 Å². The van der Waals surface area contributed by atoms with Gasteiger partial charge in [-0.25, -0.2) is 0 Å². The summed E-state index contributed by atoms with van der Waals surface area (Å²) in [5, 5.41) is 0. The number of nitrogens with two attached hydrogens (primary N) is 1. The van der Waals surface area contributed by atoms with Crippen LogP contribution >= 0.6 is 11.8 Å². The topological polar surface area (TPSA) is 47.3 Å². The number of nitrogens with one attached hydrogen (secondary N) is 1. The minimum Gasteiger partial charge on any atom is -0.491 e. The van der Waals surface area contributed by atoms with Gasteiger partial charge in [0.25, 0.3) is 0 Å². The first-order valence-electron chi connectivity index (χ1n) is 7.50. The summed E-state index contributed by atoms with van der Waals surface area (Å²) in [6.45, 7) is 4.11. The van der Waals surface area contributed by atoms with Crippen LogP contribution in [0.4, 0.5) is 0 Å². The van der Waals surface area contributed by atoms with Crippen molar-refractivity contribution in [2.45, 2.75) is 45.3 Å². The largest absolute Gasteiger partial charge is 0.491 e. The van der Waals surface area contributed by atoms with Gasteiger partial charge in [-0.1, -0.05) is 18.2 Å². The van der Waals surface area contributed by atoms with E-state index in [1.165, 1.54) is 29.9 Å². The molecule has 1 aliphatic heterocycles. The average molecular weight is 294 g/mol. The van der Waals surface area contributed by atoms with Crippen molar-refractivity contribution >= 4 is 11.8 Å². The van der Waals surface area contributed by atoms with Crippen molar-refractivity contribution in [3.05, 3.63) is 29.8 Å². The van der Waals surface area contributed by atoms with Crippen LogP contribution in [0.25, 0.3) is 0 Å². The summed E-state index contributed by atoms with van der Waals surface area (Å²) >= 11 is 2.06. The summed E-state index contributed by atoms with van der Waals surface area (Å²) in [4.78, 5) is 0. The Morgan fingerprint density at radius 3 is 2.65 bits per heavy atom. The summed E-state index contributed by atoms with van der Waals surface area (Å²) in [5.41, 5.74) is 4.17. The van der Waals surface area contributed by atoms with Crippen molar-refractivity contribution in [3.63, 3.8) is 0 Å². The summed E-state index contributed by atoms with van der Waals surface area (Å²) in [6, 6.07) is 8.42. The number of thioether (sulfide) groups is 1. The zero-order chi connectivity index (χ0) is 14.4. The molecule has 20 heavy (non-hydrogen) atoms. The van der Waals surface area contributed by atoms with Gasteiger partial charge in [0.05, 0.1) is 6.10 Å². The van der Waals surface area contributed by atoms with E-state index in [1.807, 2.05) is 12.1 Å². The summed E-state index contributed by atoms with van der Waals surface area (Å²) in [7, 11) is 0. The van der Waals surface area contributed by atoms with E-state index in [-0.39, 0.29) is 12.1 Å². The molecule has 4 heteroatoms. The molecule has 1 aromatic rings. The Morgan fingerprint density at radius 2 is 2.00 bits per heavy atom. The van der Waals surface area contributed by atoms with Gasteiger partial charge in [-0.3, -0.25) is 11.3 Å². The highest BCUT2D eigenvalue weighted by Gasteiger charge is 2.22. The van der Waals surface area contributed by atoms with Crippen LogP contribution in [0.2, 0.25) is 0 Å². The van der Waals surface area contributed by atoms with E-state index in [9.17, 15) is 0 Å². The van der Waals surface area contributed by atoms with Crippen molar-refractivity contribution in [1.29, 1.82) is 0 Å². The fourth-order valence-electron chi connectivity index (χ4n) is 2.73. The quantitative estimate of drug-likeness (QED) is 0.622. The molecule has 1 aromatic carbocycles. The fourth-order valence-corrected chi connectivity index (χ4v) is 3.93. The van der Waals surface area contributed by atoms with Crippen molar-refractivity contribution < 1.29 is 4.74 Å². The lowest BCUT2D eigenvalue weighted by molar-refractivity contribution is 0.235. The number of ether oxygens (including phenoxy) is 1. The molecular formula is C16H26N2OS. The van der Waals surface area contributed by atoms with Crippen LogP contribution < -0.4 is 16.0 Å². The van der Waals surface area contributed by atoms with Gasteiger partial charge in [-0.15, -0.1) is 0 Å². The lowest BCUT2D eigenvalue weighted by Crippen LogP contribution is -2.31. The lowest BCUT2D eigenvalue weighted by Gasteiger charge is -2.27. The standard InChI is InChI=1S/C16H26N2OS/c1-12(2)19-16-6-4-3-5-14(16)15(18-17)11-13-7-9-20-10-8-13/h3-6,12-13,15,18H,7-11,17H2,1-2H3. The van der Waals surface area contributed by atoms with Crippen LogP contribution in [0, 0.1) is 5.92 Å². The maximum atomic E-state index is 5.92. The van der Waals surface area contributed by atoms with Crippen LogP contribution in [0.3, 0.4) is 0 Å². The van der Waals surface area contributed by atoms with E-state index in [2.05, 4.69) is 43.2 Å². The van der Waals surface area contributed by atoms with Crippen molar-refractivity contribution in [2.24, 2.45) is 11.8 Å². The Morgan fingerprint density at radius 1 is 1.30 bits per heavy atom. The molecule has 112 valence electrons. The van der Waals surface area contributed by atoms with Crippen molar-refractivity contribution in [3.8, 4) is 5.75 Å². The molecule has 3 nitrogen and oxygen atoms in total. The lowest BCUT2D eigenvalue weighted by atomic mass is 9.90. The highest BCUT2D eigenvalue weighted by Crippen LogP contribution is 2.34. The zero-order valence-electron chi connectivity index (χ0n) is 12.5. The highest BCUT2D eigenvalue weighted by molar-refractivity contribution is 7.99. The van der Waals surface area contributed by atoms with Gasteiger partial charge in [-0.05, 0) is 56.6 Å². The van der Waals surface area contributed by atoms with Gasteiger partial charge in [0.15, 0.2) is 0 Å². The molecular weight excluding hydrogens is 268 g/mol. The summed E-state index contributed by atoms with van der Waals surface area (Å²) in [6.07, 6.45) is 3.88. The van der Waals surface area contributed by atoms with Crippen molar-refractivity contribution in [1.82, 2.24) is 5.43 Å². The predicted molar refractivity (Wildman–Crippen MR) is 86.9 cm³/mol. The minimum absolute atomic E-state index is 0.179. The Balaban J connectivity index is 2.09. The first-order chi connectivity index (χ1) is 9.70. The Bertz CT molecular complexity index is 405. The SMILES string of the molecule is CC(C)Oc1ccccc1C(CC1CCSCC1)NN. The second kappa shape index (κ2) is 7.91. The first kappa shape index (κ1) is 15.7. The van der Waals surface area contributed by atoms with Crippen LogP contribution in [-0.4, -0.2) is 17.6 Å². The molecule has 0 saturated carbocycles. The molecule has 1 atom stereocenters. The van der Waals surface area contributed by atoms with Gasteiger partial charge in [0.1, 0.15) is 5.75 Å². The molecule has 0 aliphatic carbocycles. The number of benzene rings is 1. The maximum absolute atomic E-state index is 5.92. The number of para-hydroxylation sites is 1. The molecule has 0 aromatic heterocycles.